The molecule has 1 amide bonds. The van der Waals surface area contributed by atoms with Crippen LogP contribution in [0.1, 0.15) is 25.1 Å². The van der Waals surface area contributed by atoms with Gasteiger partial charge in [0.15, 0.2) is 0 Å². The van der Waals surface area contributed by atoms with Crippen LogP contribution in [0.5, 0.6) is 5.75 Å². The van der Waals surface area contributed by atoms with E-state index in [1.807, 2.05) is 66.7 Å². The standard InChI is InChI=1S/C29H29N3O4/c33-28(16-18-36-26-15-7-5-12-23(26)21-9-2-1-3-10-21)32(19-22-11-8-17-35-22)20-27-30-25-14-6-4-13-24(25)29(34)31-27/h1-7,9-10,12-15,22H,8,11,16-20H2,(H,30,31,34)/t22-/m0/s1. The molecule has 184 valence electrons. The summed E-state index contributed by atoms with van der Waals surface area (Å²) in [5, 5.41) is 0.531. The molecule has 1 N–H and O–H groups in total. The summed E-state index contributed by atoms with van der Waals surface area (Å²) < 4.78 is 11.8. The van der Waals surface area contributed by atoms with Gasteiger partial charge in [-0.1, -0.05) is 60.7 Å². The van der Waals surface area contributed by atoms with Crippen LogP contribution in [0.15, 0.2) is 83.7 Å². The first-order valence-corrected chi connectivity index (χ1v) is 12.3. The number of ether oxygens (including phenoxy) is 2. The van der Waals surface area contributed by atoms with Crippen LogP contribution < -0.4 is 10.3 Å². The van der Waals surface area contributed by atoms with Crippen molar-refractivity contribution in [2.45, 2.75) is 31.9 Å². The number of carbonyl (C=O) groups excluding carboxylic acids is 1. The monoisotopic (exact) mass is 483 g/mol. The molecular weight excluding hydrogens is 454 g/mol. The number of H-pyrrole nitrogens is 1. The number of rotatable bonds is 9. The van der Waals surface area contributed by atoms with Crippen molar-refractivity contribution >= 4 is 16.8 Å². The number of carbonyl (C=O) groups is 1. The first kappa shape index (κ1) is 23.8. The zero-order valence-corrected chi connectivity index (χ0v) is 20.1. The molecule has 4 aromatic rings. The Kier molecular flexibility index (Phi) is 7.38. The van der Waals surface area contributed by atoms with Crippen molar-refractivity contribution in [2.75, 3.05) is 19.8 Å². The van der Waals surface area contributed by atoms with Crippen molar-refractivity contribution < 1.29 is 14.3 Å². The topological polar surface area (TPSA) is 84.5 Å². The largest absolute Gasteiger partial charge is 0.492 e. The van der Waals surface area contributed by atoms with Crippen LogP contribution in [0, 0.1) is 0 Å². The maximum atomic E-state index is 13.3. The van der Waals surface area contributed by atoms with Crippen molar-refractivity contribution in [1.29, 1.82) is 0 Å². The average molecular weight is 484 g/mol. The molecule has 1 aromatic heterocycles. The Bertz CT molecular complexity index is 1380. The van der Waals surface area contributed by atoms with Gasteiger partial charge < -0.3 is 19.4 Å². The van der Waals surface area contributed by atoms with Gasteiger partial charge >= 0.3 is 0 Å². The smallest absolute Gasteiger partial charge is 0.258 e. The molecule has 0 radical (unpaired) electrons. The number of benzene rings is 3. The summed E-state index contributed by atoms with van der Waals surface area (Å²) in [6, 6.07) is 25.1. The lowest BCUT2D eigenvalue weighted by Crippen LogP contribution is -2.38. The number of fused-ring (bicyclic) bond motifs is 1. The van der Waals surface area contributed by atoms with Crippen LogP contribution in [0.25, 0.3) is 22.0 Å². The number of hydrogen-bond donors (Lipinski definition) is 1. The molecule has 0 unspecified atom stereocenters. The van der Waals surface area contributed by atoms with Crippen LogP contribution in [-0.2, 0) is 16.1 Å². The van der Waals surface area contributed by atoms with Crippen molar-refractivity contribution in [3.05, 3.63) is 95.0 Å². The molecule has 0 saturated carbocycles. The zero-order valence-electron chi connectivity index (χ0n) is 20.1. The number of amides is 1. The highest BCUT2D eigenvalue weighted by atomic mass is 16.5. The van der Waals surface area contributed by atoms with Gasteiger partial charge in [-0.3, -0.25) is 9.59 Å². The lowest BCUT2D eigenvalue weighted by molar-refractivity contribution is -0.134. The van der Waals surface area contributed by atoms with E-state index in [1.54, 1.807) is 17.0 Å². The van der Waals surface area contributed by atoms with Crippen molar-refractivity contribution in [3.63, 3.8) is 0 Å². The summed E-state index contributed by atoms with van der Waals surface area (Å²) in [4.78, 5) is 35.0. The molecule has 5 rings (SSSR count). The fourth-order valence-corrected chi connectivity index (χ4v) is 4.53. The summed E-state index contributed by atoms with van der Waals surface area (Å²) in [6.45, 7) is 1.61. The zero-order chi connectivity index (χ0) is 24.7. The Morgan fingerprint density at radius 3 is 2.64 bits per heavy atom. The molecule has 1 saturated heterocycles. The number of nitrogens with zero attached hydrogens (tertiary/aromatic N) is 2. The number of aromatic nitrogens is 2. The molecule has 36 heavy (non-hydrogen) atoms. The number of aromatic amines is 1. The third-order valence-electron chi connectivity index (χ3n) is 6.35. The molecule has 1 atom stereocenters. The Morgan fingerprint density at radius 2 is 1.81 bits per heavy atom. The highest BCUT2D eigenvalue weighted by Crippen LogP contribution is 2.29. The van der Waals surface area contributed by atoms with E-state index in [1.165, 1.54) is 0 Å². The lowest BCUT2D eigenvalue weighted by Gasteiger charge is -2.25. The van der Waals surface area contributed by atoms with E-state index in [0.29, 0.717) is 29.9 Å². The van der Waals surface area contributed by atoms with Crippen molar-refractivity contribution in [2.24, 2.45) is 0 Å². The van der Waals surface area contributed by atoms with Gasteiger partial charge in [0.2, 0.25) is 5.91 Å². The minimum Gasteiger partial charge on any atom is -0.492 e. The van der Waals surface area contributed by atoms with E-state index in [-0.39, 0.29) is 37.1 Å². The van der Waals surface area contributed by atoms with Crippen molar-refractivity contribution in [1.82, 2.24) is 14.9 Å². The second-order valence-electron chi connectivity index (χ2n) is 8.90. The fourth-order valence-electron chi connectivity index (χ4n) is 4.53. The summed E-state index contributed by atoms with van der Waals surface area (Å²) in [6.07, 6.45) is 2.08. The van der Waals surface area contributed by atoms with Crippen LogP contribution in [0.4, 0.5) is 0 Å². The van der Waals surface area contributed by atoms with Crippen molar-refractivity contribution in [3.8, 4) is 16.9 Å². The fraction of sp³-hybridized carbons (Fsp3) is 0.276. The van der Waals surface area contributed by atoms with Gasteiger partial charge in [0, 0.05) is 18.7 Å². The Morgan fingerprint density at radius 1 is 1.03 bits per heavy atom. The third-order valence-corrected chi connectivity index (χ3v) is 6.35. The molecule has 7 heteroatoms. The molecule has 3 aromatic carbocycles. The molecule has 2 heterocycles. The van der Waals surface area contributed by atoms with E-state index in [0.717, 1.165) is 29.7 Å². The highest BCUT2D eigenvalue weighted by molar-refractivity contribution is 5.78. The second kappa shape index (κ2) is 11.2. The molecule has 0 aliphatic carbocycles. The number of nitrogens with one attached hydrogen (secondary N) is 1. The van der Waals surface area contributed by atoms with Crippen LogP contribution in [0.2, 0.25) is 0 Å². The molecular formula is C29H29N3O4. The Balaban J connectivity index is 1.29. The van der Waals surface area contributed by atoms with Gasteiger partial charge in [-0.15, -0.1) is 0 Å². The quantitative estimate of drug-likeness (QED) is 0.377. The van der Waals surface area contributed by atoms with Gasteiger partial charge in [-0.2, -0.15) is 0 Å². The maximum absolute atomic E-state index is 13.3. The predicted octanol–water partition coefficient (Wildman–Crippen LogP) is 4.57. The number of para-hydroxylation sites is 2. The van der Waals surface area contributed by atoms with Gasteiger partial charge in [0.1, 0.15) is 11.6 Å². The first-order valence-electron chi connectivity index (χ1n) is 12.3. The van der Waals surface area contributed by atoms with Gasteiger partial charge in [-0.05, 0) is 36.6 Å². The van der Waals surface area contributed by atoms with Gasteiger partial charge in [-0.25, -0.2) is 4.98 Å². The summed E-state index contributed by atoms with van der Waals surface area (Å²) in [5.74, 6) is 1.13. The van der Waals surface area contributed by atoms with E-state index < -0.39 is 0 Å². The minimum absolute atomic E-state index is 0.0131. The Hall–Kier alpha value is -3.97. The van der Waals surface area contributed by atoms with E-state index in [2.05, 4.69) is 9.97 Å². The molecule has 0 spiro atoms. The SMILES string of the molecule is O=C(CCOc1ccccc1-c1ccccc1)N(Cc1nc2ccccc2c(=O)[nH]1)C[C@@H]1CCCO1. The molecule has 1 fully saturated rings. The van der Waals surface area contributed by atoms with E-state index in [4.69, 9.17) is 9.47 Å². The van der Waals surface area contributed by atoms with Gasteiger partial charge in [0.25, 0.3) is 5.56 Å². The lowest BCUT2D eigenvalue weighted by atomic mass is 10.1. The minimum atomic E-state index is -0.207. The third kappa shape index (κ3) is 5.63. The second-order valence-corrected chi connectivity index (χ2v) is 8.90. The highest BCUT2D eigenvalue weighted by Gasteiger charge is 2.24. The molecule has 0 bridgehead atoms. The maximum Gasteiger partial charge on any atom is 0.258 e. The normalized spacial score (nSPS) is 15.2. The first-order chi connectivity index (χ1) is 17.7. The number of hydrogen-bond acceptors (Lipinski definition) is 5. The molecule has 7 nitrogen and oxygen atoms in total. The predicted molar refractivity (Wildman–Crippen MR) is 139 cm³/mol. The summed E-state index contributed by atoms with van der Waals surface area (Å²) >= 11 is 0. The summed E-state index contributed by atoms with van der Waals surface area (Å²) in [5.41, 5.74) is 2.45. The molecule has 1 aliphatic rings. The van der Waals surface area contributed by atoms with Crippen LogP contribution in [0.3, 0.4) is 0 Å². The van der Waals surface area contributed by atoms with E-state index >= 15 is 0 Å². The van der Waals surface area contributed by atoms with Gasteiger partial charge in [0.05, 0.1) is 36.6 Å². The van der Waals surface area contributed by atoms with Crippen LogP contribution in [-0.4, -0.2) is 46.6 Å². The average Bonchev–Trinajstić information content (AvgIpc) is 3.42. The van der Waals surface area contributed by atoms with E-state index in [9.17, 15) is 9.59 Å². The summed E-state index contributed by atoms with van der Waals surface area (Å²) in [7, 11) is 0. The Labute approximate surface area is 209 Å². The van der Waals surface area contributed by atoms with Crippen LogP contribution >= 0.6 is 0 Å². The molecule has 1 aliphatic heterocycles.